The van der Waals surface area contributed by atoms with E-state index in [4.69, 9.17) is 9.47 Å². The van der Waals surface area contributed by atoms with Gasteiger partial charge in [0.25, 0.3) is 5.78 Å². The minimum absolute atomic E-state index is 0.137. The molecule has 1 amide bonds. The number of anilines is 1. The number of benzene rings is 2. The number of hydrogen-bond acceptors (Lipinski definition) is 10. The third-order valence-electron chi connectivity index (χ3n) is 7.35. The average Bonchev–Trinajstić information content (AvgIpc) is 3.71. The molecule has 0 radical (unpaired) electrons. The number of ketones is 1. The zero-order valence-corrected chi connectivity index (χ0v) is 25.7. The molecule has 1 aliphatic heterocycles. The first-order chi connectivity index (χ1) is 21.2. The molecule has 3 aromatic heterocycles. The highest BCUT2D eigenvalue weighted by Gasteiger charge is 2.49. The number of aryl methyl sites for hydroxylation is 2. The smallest absolute Gasteiger partial charge is 0.301 e. The van der Waals surface area contributed by atoms with Gasteiger partial charge in [-0.25, -0.2) is 9.37 Å². The van der Waals surface area contributed by atoms with Crippen molar-refractivity contribution >= 4 is 51.3 Å². The Hall–Kier alpha value is -4.75. The number of aliphatic hydroxyl groups excluding tert-OH is 1. The number of amides is 1. The zero-order chi connectivity index (χ0) is 31.1. The van der Waals surface area contributed by atoms with Crippen LogP contribution < -0.4 is 14.4 Å². The number of carbonyl (C=O) groups excluding carboxylic acids is 2. The minimum Gasteiger partial charge on any atom is -0.505 e. The van der Waals surface area contributed by atoms with Crippen molar-refractivity contribution in [3.8, 4) is 11.5 Å². The normalized spacial score (nSPS) is 16.2. The van der Waals surface area contributed by atoms with Crippen molar-refractivity contribution in [1.82, 2.24) is 19.6 Å². The average molecular weight is 632 g/mol. The summed E-state index contributed by atoms with van der Waals surface area (Å²) in [5, 5.41) is 20.4. The van der Waals surface area contributed by atoms with Crippen LogP contribution in [0.1, 0.15) is 34.1 Å². The van der Waals surface area contributed by atoms with Crippen LogP contribution in [-0.4, -0.2) is 50.6 Å². The second kappa shape index (κ2) is 11.7. The quantitative estimate of drug-likeness (QED) is 0.0737. The molecule has 0 saturated carbocycles. The predicted molar refractivity (Wildman–Crippen MR) is 165 cm³/mol. The summed E-state index contributed by atoms with van der Waals surface area (Å²) in [4.78, 5) is 33.3. The van der Waals surface area contributed by atoms with E-state index >= 15 is 0 Å². The summed E-state index contributed by atoms with van der Waals surface area (Å²) in [5.74, 6) is -1.14. The van der Waals surface area contributed by atoms with E-state index in [1.807, 2.05) is 29.7 Å². The summed E-state index contributed by atoms with van der Waals surface area (Å²) in [6.07, 6.45) is 1.82. The van der Waals surface area contributed by atoms with Crippen LogP contribution >= 0.6 is 23.1 Å². The molecule has 2 aromatic carbocycles. The highest BCUT2D eigenvalue weighted by molar-refractivity contribution is 8.00. The number of rotatable bonds is 8. The SMILES string of the molecule is COc1ccc(C2/C(=C(\O)c3nc4c(C)cccn4c3C)C(=O)C(=O)N2c2nnc(SCc3ccc(F)cc3)s2)cc1OC. The van der Waals surface area contributed by atoms with Crippen molar-refractivity contribution in [1.29, 1.82) is 0 Å². The first-order valence-corrected chi connectivity index (χ1v) is 15.2. The standard InChI is InChI=1S/C31H26FN5O5S2/c1-16-6-5-13-36-17(2)24(33-28(16)36)26(38)23-25(19-9-12-21(41-3)22(14-19)42-4)37(29(40)27(23)39)30-34-35-31(44-30)43-15-18-7-10-20(32)11-8-18/h5-14,25,38H,15H2,1-4H3/b26-23+. The van der Waals surface area contributed by atoms with E-state index in [0.29, 0.717) is 38.5 Å². The molecule has 4 heterocycles. The van der Waals surface area contributed by atoms with E-state index in [2.05, 4.69) is 15.2 Å². The number of nitrogens with zero attached hydrogens (tertiary/aromatic N) is 5. The molecule has 6 rings (SSSR count). The van der Waals surface area contributed by atoms with E-state index in [-0.39, 0.29) is 22.2 Å². The number of ether oxygens (including phenoxy) is 2. The fourth-order valence-corrected chi connectivity index (χ4v) is 6.95. The molecule has 1 fully saturated rings. The van der Waals surface area contributed by atoms with Gasteiger partial charge in [0.1, 0.15) is 17.2 Å². The van der Waals surface area contributed by atoms with Gasteiger partial charge in [-0.3, -0.25) is 14.5 Å². The van der Waals surface area contributed by atoms with E-state index in [1.54, 1.807) is 37.3 Å². The van der Waals surface area contributed by atoms with Crippen molar-refractivity contribution in [3.63, 3.8) is 0 Å². The summed E-state index contributed by atoms with van der Waals surface area (Å²) < 4.78 is 26.6. The third-order valence-corrected chi connectivity index (χ3v) is 9.48. The Morgan fingerprint density at radius 2 is 1.80 bits per heavy atom. The highest BCUT2D eigenvalue weighted by atomic mass is 32.2. The lowest BCUT2D eigenvalue weighted by molar-refractivity contribution is -0.132. The zero-order valence-electron chi connectivity index (χ0n) is 24.1. The number of hydrogen-bond donors (Lipinski definition) is 1. The Balaban J connectivity index is 1.46. The van der Waals surface area contributed by atoms with Gasteiger partial charge in [-0.05, 0) is 60.9 Å². The molecule has 0 bridgehead atoms. The molecule has 1 unspecified atom stereocenters. The van der Waals surface area contributed by atoms with Crippen molar-refractivity contribution in [3.05, 3.63) is 100 Å². The van der Waals surface area contributed by atoms with E-state index in [9.17, 15) is 19.1 Å². The monoisotopic (exact) mass is 631 g/mol. The lowest BCUT2D eigenvalue weighted by atomic mass is 9.96. The van der Waals surface area contributed by atoms with Gasteiger partial charge in [0, 0.05) is 11.9 Å². The summed E-state index contributed by atoms with van der Waals surface area (Å²) >= 11 is 2.50. The Morgan fingerprint density at radius 3 is 2.50 bits per heavy atom. The lowest BCUT2D eigenvalue weighted by Gasteiger charge is -2.23. The number of aromatic nitrogens is 4. The maximum atomic E-state index is 13.7. The molecule has 1 atom stereocenters. The number of halogens is 1. The molecule has 5 aromatic rings. The number of Topliss-reactive ketones (excluding diaryl/α,β-unsaturated/α-hetero) is 1. The molecular weight excluding hydrogens is 606 g/mol. The number of aliphatic hydroxyl groups is 1. The Labute approximate surface area is 259 Å². The Morgan fingerprint density at radius 1 is 1.05 bits per heavy atom. The molecule has 1 saturated heterocycles. The number of carbonyl (C=O) groups is 2. The van der Waals surface area contributed by atoms with Crippen molar-refractivity contribution in [2.75, 3.05) is 19.1 Å². The molecule has 0 spiro atoms. The number of thioether (sulfide) groups is 1. The van der Waals surface area contributed by atoms with Crippen molar-refractivity contribution in [2.24, 2.45) is 0 Å². The summed E-state index contributed by atoms with van der Waals surface area (Å²) in [6, 6.07) is 13.9. The predicted octanol–water partition coefficient (Wildman–Crippen LogP) is 5.88. The topological polar surface area (TPSA) is 119 Å². The van der Waals surface area contributed by atoms with Gasteiger partial charge in [-0.2, -0.15) is 0 Å². The van der Waals surface area contributed by atoms with Crippen LogP contribution in [0.2, 0.25) is 0 Å². The second-order valence-corrected chi connectivity index (χ2v) is 12.2. The minimum atomic E-state index is -1.07. The van der Waals surface area contributed by atoms with Gasteiger partial charge in [0.2, 0.25) is 5.13 Å². The molecular formula is C31H26FN5O5S2. The second-order valence-electron chi connectivity index (χ2n) is 9.98. The molecule has 224 valence electrons. The summed E-state index contributed by atoms with van der Waals surface area (Å²) in [6.45, 7) is 3.68. The van der Waals surface area contributed by atoms with Gasteiger partial charge in [0.05, 0.1) is 31.5 Å². The first kappa shape index (κ1) is 29.3. The van der Waals surface area contributed by atoms with Crippen LogP contribution in [0.15, 0.2) is 70.7 Å². The molecule has 10 nitrogen and oxygen atoms in total. The summed E-state index contributed by atoms with van der Waals surface area (Å²) in [7, 11) is 2.99. The van der Waals surface area contributed by atoms with Crippen LogP contribution in [0.3, 0.4) is 0 Å². The Bertz CT molecular complexity index is 1950. The summed E-state index contributed by atoms with van der Waals surface area (Å²) in [5.41, 5.74) is 3.53. The highest BCUT2D eigenvalue weighted by Crippen LogP contribution is 2.45. The molecule has 0 aliphatic carbocycles. The van der Waals surface area contributed by atoms with Gasteiger partial charge in [-0.15, -0.1) is 10.2 Å². The maximum absolute atomic E-state index is 13.7. The fourth-order valence-electron chi connectivity index (χ4n) is 5.13. The van der Waals surface area contributed by atoms with Gasteiger partial charge in [-0.1, -0.05) is 47.4 Å². The molecule has 1 N–H and O–H groups in total. The van der Waals surface area contributed by atoms with E-state index in [1.165, 1.54) is 43.0 Å². The van der Waals surface area contributed by atoms with E-state index in [0.717, 1.165) is 22.5 Å². The lowest BCUT2D eigenvalue weighted by Crippen LogP contribution is -2.29. The van der Waals surface area contributed by atoms with Crippen LogP contribution in [0.4, 0.5) is 9.52 Å². The van der Waals surface area contributed by atoms with Crippen LogP contribution in [-0.2, 0) is 15.3 Å². The van der Waals surface area contributed by atoms with Gasteiger partial charge in [0.15, 0.2) is 21.6 Å². The molecule has 13 heteroatoms. The van der Waals surface area contributed by atoms with Crippen LogP contribution in [0.5, 0.6) is 11.5 Å². The van der Waals surface area contributed by atoms with Crippen LogP contribution in [0, 0.1) is 19.7 Å². The fraction of sp³-hybridized carbons (Fsp3) is 0.194. The molecule has 44 heavy (non-hydrogen) atoms. The van der Waals surface area contributed by atoms with Crippen molar-refractivity contribution in [2.45, 2.75) is 30.0 Å². The van der Waals surface area contributed by atoms with Crippen molar-refractivity contribution < 1.29 is 28.6 Å². The van der Waals surface area contributed by atoms with E-state index < -0.39 is 23.5 Å². The number of fused-ring (bicyclic) bond motifs is 1. The van der Waals surface area contributed by atoms with Crippen LogP contribution in [0.25, 0.3) is 11.4 Å². The maximum Gasteiger partial charge on any atom is 0.301 e. The van der Waals surface area contributed by atoms with Gasteiger partial charge >= 0.3 is 5.91 Å². The number of methoxy groups -OCH3 is 2. The number of pyridine rings is 1. The Kier molecular flexibility index (Phi) is 7.82. The first-order valence-electron chi connectivity index (χ1n) is 13.4. The largest absolute Gasteiger partial charge is 0.505 e. The third kappa shape index (κ3) is 5.07. The van der Waals surface area contributed by atoms with Gasteiger partial charge < -0.3 is 19.0 Å². The number of imidazole rings is 1. The molecule has 1 aliphatic rings.